The van der Waals surface area contributed by atoms with Gasteiger partial charge in [-0.05, 0) is 34.8 Å². The van der Waals surface area contributed by atoms with Crippen LogP contribution in [0.4, 0.5) is 0 Å². The molecule has 1 rings (SSSR count). The molecule has 0 amide bonds. The van der Waals surface area contributed by atoms with Crippen molar-refractivity contribution in [2.75, 3.05) is 0 Å². The third kappa shape index (κ3) is 6.12. The monoisotopic (exact) mass is 406 g/mol. The molecule has 0 saturated heterocycles. The van der Waals surface area contributed by atoms with E-state index in [2.05, 4.69) is 62.3 Å². The number of esters is 1. The number of aliphatic hydroxyl groups is 1. The van der Waals surface area contributed by atoms with E-state index in [0.717, 1.165) is 30.1 Å². The molecule has 0 radical (unpaired) electrons. The van der Waals surface area contributed by atoms with E-state index in [9.17, 15) is 9.90 Å². The van der Waals surface area contributed by atoms with E-state index >= 15 is 0 Å². The van der Waals surface area contributed by atoms with Gasteiger partial charge in [0.1, 0.15) is 11.5 Å². The molecule has 3 heteroatoms. The molecule has 0 bridgehead atoms. The summed E-state index contributed by atoms with van der Waals surface area (Å²) in [7, 11) is 0. The van der Waals surface area contributed by atoms with E-state index in [1.807, 2.05) is 13.0 Å². The highest BCUT2D eigenvalue weighted by molar-refractivity contribution is 5.70. The Morgan fingerprint density at radius 2 is 1.72 bits per heavy atom. The van der Waals surface area contributed by atoms with Crippen molar-refractivity contribution >= 4 is 5.97 Å². The first kappa shape index (κ1) is 25.8. The molecule has 1 aliphatic carbocycles. The van der Waals surface area contributed by atoms with Crippen LogP contribution in [0, 0.1) is 28.1 Å². The molecule has 0 saturated carbocycles. The number of hydrogen-bond donors (Lipinski definition) is 1. The first-order chi connectivity index (χ1) is 13.2. The zero-order valence-corrected chi connectivity index (χ0v) is 20.7. The zero-order chi connectivity index (χ0) is 22.6. The van der Waals surface area contributed by atoms with Gasteiger partial charge in [0.05, 0.1) is 0 Å². The number of carbonyl (C=O) groups excluding carboxylic acids is 1. The second-order valence-electron chi connectivity index (χ2n) is 11.4. The molecule has 1 aliphatic rings. The Bertz CT molecular complexity index is 625. The van der Waals surface area contributed by atoms with Gasteiger partial charge in [-0.2, -0.15) is 0 Å². The van der Waals surface area contributed by atoms with Gasteiger partial charge in [0.25, 0.3) is 0 Å². The quantitative estimate of drug-likeness (QED) is 0.328. The maximum atomic E-state index is 12.2. The van der Waals surface area contributed by atoms with Gasteiger partial charge in [-0.1, -0.05) is 94.9 Å². The van der Waals surface area contributed by atoms with Crippen LogP contribution in [0.3, 0.4) is 0 Å². The van der Waals surface area contributed by atoms with Crippen molar-refractivity contribution in [3.63, 3.8) is 0 Å². The van der Waals surface area contributed by atoms with Gasteiger partial charge in [0.15, 0.2) is 0 Å². The van der Waals surface area contributed by atoms with Crippen LogP contribution in [0.25, 0.3) is 0 Å². The minimum atomic E-state index is -0.494. The molecule has 168 valence electrons. The lowest BCUT2D eigenvalue weighted by Gasteiger charge is -2.51. The predicted octanol–water partition coefficient (Wildman–Crippen LogP) is 7.97. The lowest BCUT2D eigenvalue weighted by Crippen LogP contribution is -2.46. The second-order valence-corrected chi connectivity index (χ2v) is 11.4. The van der Waals surface area contributed by atoms with Crippen molar-refractivity contribution in [3.8, 4) is 0 Å². The Hall–Kier alpha value is -1.25. The van der Waals surface area contributed by atoms with Crippen molar-refractivity contribution in [2.45, 2.75) is 108 Å². The Morgan fingerprint density at radius 1 is 1.14 bits per heavy atom. The average molecular weight is 407 g/mol. The molecule has 0 fully saturated rings. The molecule has 0 aliphatic heterocycles. The van der Waals surface area contributed by atoms with Gasteiger partial charge in [0.2, 0.25) is 0 Å². The molecule has 3 nitrogen and oxygen atoms in total. The summed E-state index contributed by atoms with van der Waals surface area (Å²) in [5.74, 6) is 1.71. The fourth-order valence-electron chi connectivity index (χ4n) is 4.30. The van der Waals surface area contributed by atoms with Crippen LogP contribution < -0.4 is 0 Å². The van der Waals surface area contributed by atoms with Gasteiger partial charge in [-0.3, -0.25) is 4.79 Å². The van der Waals surface area contributed by atoms with E-state index < -0.39 is 5.41 Å². The fourth-order valence-corrected chi connectivity index (χ4v) is 4.30. The Balaban J connectivity index is 3.35. The van der Waals surface area contributed by atoms with E-state index in [-0.39, 0.29) is 22.7 Å². The van der Waals surface area contributed by atoms with Crippen LogP contribution in [0.1, 0.15) is 108 Å². The summed E-state index contributed by atoms with van der Waals surface area (Å²) in [4.78, 5) is 12.2. The zero-order valence-electron chi connectivity index (χ0n) is 20.7. The Labute approximate surface area is 180 Å². The third-order valence-electron chi connectivity index (χ3n) is 6.73. The van der Waals surface area contributed by atoms with Gasteiger partial charge in [-0.25, -0.2) is 0 Å². The van der Waals surface area contributed by atoms with Crippen molar-refractivity contribution in [3.05, 3.63) is 23.2 Å². The second kappa shape index (κ2) is 9.71. The molecule has 0 aromatic carbocycles. The molecule has 0 heterocycles. The van der Waals surface area contributed by atoms with Crippen LogP contribution in [0.2, 0.25) is 0 Å². The van der Waals surface area contributed by atoms with Gasteiger partial charge < -0.3 is 9.84 Å². The smallest absolute Gasteiger partial charge is 0.310 e. The number of carbonyl (C=O) groups is 1. The van der Waals surface area contributed by atoms with Crippen molar-refractivity contribution < 1.29 is 14.6 Å². The van der Waals surface area contributed by atoms with E-state index in [0.29, 0.717) is 12.2 Å². The van der Waals surface area contributed by atoms with Crippen molar-refractivity contribution in [1.82, 2.24) is 0 Å². The molecule has 29 heavy (non-hydrogen) atoms. The molecule has 1 N–H and O–H groups in total. The number of hydrogen-bond acceptors (Lipinski definition) is 3. The Morgan fingerprint density at radius 3 is 2.17 bits per heavy atom. The normalized spacial score (nSPS) is 23.4. The summed E-state index contributed by atoms with van der Waals surface area (Å²) >= 11 is 0. The minimum Gasteiger partial charge on any atom is -0.511 e. The summed E-state index contributed by atoms with van der Waals surface area (Å²) in [5, 5.41) is 11.5. The summed E-state index contributed by atoms with van der Waals surface area (Å²) in [5.41, 5.74) is -0.0344. The minimum absolute atomic E-state index is 0.0110. The topological polar surface area (TPSA) is 46.5 Å². The highest BCUT2D eigenvalue weighted by Gasteiger charge is 2.53. The first-order valence-corrected chi connectivity index (χ1v) is 11.5. The SMILES string of the molecule is CCC(=O)OC1=CC(C(C)(C)C)=C(O)C(C)(C(C)(C)C)C1CCCCCC(C)C. The summed E-state index contributed by atoms with van der Waals surface area (Å²) in [6.45, 7) is 21.4. The van der Waals surface area contributed by atoms with Crippen molar-refractivity contribution in [1.29, 1.82) is 0 Å². The lowest BCUT2D eigenvalue weighted by atomic mass is 9.54. The number of unbranched alkanes of at least 4 members (excludes halogenated alkanes) is 2. The highest BCUT2D eigenvalue weighted by atomic mass is 16.5. The molecule has 2 atom stereocenters. The average Bonchev–Trinajstić information content (AvgIpc) is 2.57. The van der Waals surface area contributed by atoms with Crippen LogP contribution in [0.5, 0.6) is 0 Å². The van der Waals surface area contributed by atoms with Gasteiger partial charge in [0, 0.05) is 17.8 Å². The number of aliphatic hydroxyl groups excluding tert-OH is 1. The van der Waals surface area contributed by atoms with Crippen LogP contribution in [-0.4, -0.2) is 11.1 Å². The number of allylic oxidation sites excluding steroid dienone is 4. The van der Waals surface area contributed by atoms with Crippen LogP contribution in [0.15, 0.2) is 23.2 Å². The highest BCUT2D eigenvalue weighted by Crippen LogP contribution is 2.58. The van der Waals surface area contributed by atoms with E-state index in [4.69, 9.17) is 4.74 Å². The first-order valence-electron chi connectivity index (χ1n) is 11.5. The standard InChI is InChI=1S/C26H46O3/c1-11-22(27)29-21-17-20(24(4,5)6)23(28)26(10,25(7,8)9)19(21)16-14-12-13-15-18(2)3/h17-19,28H,11-16H2,1-10H3. The lowest BCUT2D eigenvalue weighted by molar-refractivity contribution is -0.141. The van der Waals surface area contributed by atoms with Gasteiger partial charge in [-0.15, -0.1) is 0 Å². The summed E-state index contributed by atoms with van der Waals surface area (Å²) in [6.07, 6.45) is 7.92. The molecular formula is C26H46O3. The van der Waals surface area contributed by atoms with Gasteiger partial charge >= 0.3 is 5.97 Å². The van der Waals surface area contributed by atoms with Crippen LogP contribution in [-0.2, 0) is 9.53 Å². The van der Waals surface area contributed by atoms with E-state index in [1.165, 1.54) is 19.3 Å². The summed E-state index contributed by atoms with van der Waals surface area (Å²) in [6, 6.07) is 0. The van der Waals surface area contributed by atoms with Crippen LogP contribution >= 0.6 is 0 Å². The molecule has 2 unspecified atom stereocenters. The predicted molar refractivity (Wildman–Crippen MR) is 123 cm³/mol. The fraction of sp³-hybridized carbons (Fsp3) is 0.808. The maximum Gasteiger partial charge on any atom is 0.310 e. The molecule has 0 aromatic heterocycles. The molecule has 0 aromatic rings. The molecular weight excluding hydrogens is 360 g/mol. The van der Waals surface area contributed by atoms with Crippen molar-refractivity contribution in [2.24, 2.45) is 28.1 Å². The van der Waals surface area contributed by atoms with E-state index in [1.54, 1.807) is 0 Å². The summed E-state index contributed by atoms with van der Waals surface area (Å²) < 4.78 is 5.89. The number of rotatable bonds is 8. The number of ether oxygens (including phenoxy) is 1. The maximum absolute atomic E-state index is 12.2. The molecule has 0 spiro atoms. The third-order valence-corrected chi connectivity index (χ3v) is 6.73. The Kier molecular flexibility index (Phi) is 8.63. The largest absolute Gasteiger partial charge is 0.511 e.